The lowest BCUT2D eigenvalue weighted by Crippen LogP contribution is -2.34. The van der Waals surface area contributed by atoms with E-state index < -0.39 is 0 Å². The third-order valence-corrected chi connectivity index (χ3v) is 4.74. The minimum absolute atomic E-state index is 0.0112. The maximum atomic E-state index is 12.0. The van der Waals surface area contributed by atoms with Gasteiger partial charge in [0.05, 0.1) is 5.92 Å². The topological polar surface area (TPSA) is 61.8 Å². The molecule has 126 valence electrons. The lowest BCUT2D eigenvalue weighted by Gasteiger charge is -2.28. The standard InChI is InChI=1S/C17H28O5/c1-17(2,3)6-5-15(18)22-14-9-11-7-12(14)13(8-11)16(19)21-10-20-4/h11-14H,5-10H2,1-4H3. The monoisotopic (exact) mass is 312 g/mol. The summed E-state index contributed by atoms with van der Waals surface area (Å²) in [5.74, 6) is 0.0917. The number of carbonyl (C=O) groups excluding carboxylic acids is 2. The van der Waals surface area contributed by atoms with Crippen molar-refractivity contribution in [1.82, 2.24) is 0 Å². The molecule has 0 N–H and O–H groups in total. The van der Waals surface area contributed by atoms with Crippen LogP contribution >= 0.6 is 0 Å². The molecule has 2 fully saturated rings. The Morgan fingerprint density at radius 1 is 1.14 bits per heavy atom. The third-order valence-electron chi connectivity index (χ3n) is 4.74. The summed E-state index contributed by atoms with van der Waals surface area (Å²) in [6, 6.07) is 0. The highest BCUT2D eigenvalue weighted by Crippen LogP contribution is 2.50. The lowest BCUT2D eigenvalue weighted by molar-refractivity contribution is -0.167. The maximum Gasteiger partial charge on any atom is 0.311 e. The van der Waals surface area contributed by atoms with Gasteiger partial charge in [0.2, 0.25) is 0 Å². The van der Waals surface area contributed by atoms with Crippen molar-refractivity contribution in [2.45, 2.75) is 59.0 Å². The molecule has 0 heterocycles. The number of hydrogen-bond acceptors (Lipinski definition) is 5. The van der Waals surface area contributed by atoms with Gasteiger partial charge in [-0.1, -0.05) is 20.8 Å². The number of carbonyl (C=O) groups is 2. The largest absolute Gasteiger partial charge is 0.462 e. The van der Waals surface area contributed by atoms with Crippen molar-refractivity contribution in [2.75, 3.05) is 13.9 Å². The second kappa shape index (κ2) is 6.99. The average Bonchev–Trinajstić information content (AvgIpc) is 3.01. The lowest BCUT2D eigenvalue weighted by atomic mass is 9.86. The van der Waals surface area contributed by atoms with Gasteiger partial charge in [0.25, 0.3) is 0 Å². The van der Waals surface area contributed by atoms with Crippen molar-refractivity contribution in [2.24, 2.45) is 23.2 Å². The molecule has 22 heavy (non-hydrogen) atoms. The molecule has 2 saturated carbocycles. The van der Waals surface area contributed by atoms with Crippen LogP contribution in [0.1, 0.15) is 52.9 Å². The van der Waals surface area contributed by atoms with E-state index in [0.717, 1.165) is 25.7 Å². The maximum absolute atomic E-state index is 12.0. The zero-order chi connectivity index (χ0) is 16.3. The van der Waals surface area contributed by atoms with Crippen LogP contribution in [0, 0.1) is 23.2 Å². The minimum atomic E-state index is -0.218. The van der Waals surface area contributed by atoms with Gasteiger partial charge in [-0.15, -0.1) is 0 Å². The Labute approximate surface area is 132 Å². The summed E-state index contributed by atoms with van der Waals surface area (Å²) in [5, 5.41) is 0. The molecule has 0 saturated heterocycles. The normalized spacial score (nSPS) is 30.4. The van der Waals surface area contributed by atoms with E-state index >= 15 is 0 Å². The first-order valence-electron chi connectivity index (χ1n) is 8.15. The second-order valence-corrected chi connectivity index (χ2v) is 7.80. The van der Waals surface area contributed by atoms with Gasteiger partial charge in [-0.05, 0) is 37.0 Å². The van der Waals surface area contributed by atoms with Gasteiger partial charge in [-0.2, -0.15) is 0 Å². The molecular formula is C17H28O5. The molecule has 0 aromatic heterocycles. The van der Waals surface area contributed by atoms with E-state index in [1.807, 2.05) is 0 Å². The Balaban J connectivity index is 1.83. The molecule has 5 heteroatoms. The molecule has 2 bridgehead atoms. The molecule has 0 aromatic carbocycles. The van der Waals surface area contributed by atoms with E-state index in [1.54, 1.807) is 0 Å². The first-order chi connectivity index (χ1) is 10.3. The molecule has 4 unspecified atom stereocenters. The fraction of sp³-hybridized carbons (Fsp3) is 0.882. The van der Waals surface area contributed by atoms with Gasteiger partial charge in [-0.3, -0.25) is 9.59 Å². The summed E-state index contributed by atoms with van der Waals surface area (Å²) in [6.45, 7) is 6.32. The fourth-order valence-electron chi connectivity index (χ4n) is 3.62. The summed E-state index contributed by atoms with van der Waals surface area (Å²) in [5.41, 5.74) is 0.125. The zero-order valence-electron chi connectivity index (χ0n) is 14.1. The van der Waals surface area contributed by atoms with E-state index in [0.29, 0.717) is 12.3 Å². The molecular weight excluding hydrogens is 284 g/mol. The molecule has 0 aliphatic heterocycles. The third kappa shape index (κ3) is 4.45. The number of hydrogen-bond donors (Lipinski definition) is 0. The Hall–Kier alpha value is -1.10. The average molecular weight is 312 g/mol. The summed E-state index contributed by atoms with van der Waals surface area (Å²) in [6.07, 6.45) is 3.83. The summed E-state index contributed by atoms with van der Waals surface area (Å²) < 4.78 is 15.5. The van der Waals surface area contributed by atoms with E-state index in [9.17, 15) is 9.59 Å². The van der Waals surface area contributed by atoms with E-state index in [1.165, 1.54) is 7.11 Å². The predicted octanol–water partition coefficient (Wildman–Crippen LogP) is 2.92. The molecule has 2 aliphatic carbocycles. The quantitative estimate of drug-likeness (QED) is 0.557. The first-order valence-corrected chi connectivity index (χ1v) is 8.15. The summed E-state index contributed by atoms with van der Waals surface area (Å²) >= 11 is 0. The van der Waals surface area contributed by atoms with Crippen molar-refractivity contribution >= 4 is 11.9 Å². The highest BCUT2D eigenvalue weighted by Gasteiger charge is 2.51. The van der Waals surface area contributed by atoms with Crippen LogP contribution in [0.15, 0.2) is 0 Å². The van der Waals surface area contributed by atoms with Crippen molar-refractivity contribution in [3.63, 3.8) is 0 Å². The SMILES string of the molecule is COCOC(=O)C1CC2CC(OC(=O)CCC(C)(C)C)C1C2. The Bertz CT molecular complexity index is 412. The molecule has 2 aliphatic rings. The Morgan fingerprint density at radius 3 is 2.45 bits per heavy atom. The molecule has 5 nitrogen and oxygen atoms in total. The molecule has 2 rings (SSSR count). The van der Waals surface area contributed by atoms with Crippen molar-refractivity contribution in [1.29, 1.82) is 0 Å². The Morgan fingerprint density at radius 2 is 1.86 bits per heavy atom. The van der Waals surface area contributed by atoms with Gasteiger partial charge in [0, 0.05) is 19.4 Å². The first kappa shape index (κ1) is 17.3. The number of fused-ring (bicyclic) bond motifs is 2. The summed E-state index contributed by atoms with van der Waals surface area (Å²) in [4.78, 5) is 24.1. The van der Waals surface area contributed by atoms with Gasteiger partial charge in [-0.25, -0.2) is 0 Å². The zero-order valence-corrected chi connectivity index (χ0v) is 14.1. The van der Waals surface area contributed by atoms with Crippen molar-refractivity contribution in [3.05, 3.63) is 0 Å². The van der Waals surface area contributed by atoms with E-state index in [2.05, 4.69) is 20.8 Å². The van der Waals surface area contributed by atoms with E-state index in [4.69, 9.17) is 14.2 Å². The van der Waals surface area contributed by atoms with Crippen LogP contribution < -0.4 is 0 Å². The van der Waals surface area contributed by atoms with Crippen LogP contribution in [0.5, 0.6) is 0 Å². The Kier molecular flexibility index (Phi) is 5.48. The molecule has 0 aromatic rings. The highest BCUT2D eigenvalue weighted by molar-refractivity contribution is 5.74. The van der Waals surface area contributed by atoms with E-state index in [-0.39, 0.29) is 42.1 Å². The van der Waals surface area contributed by atoms with Crippen LogP contribution in [0.4, 0.5) is 0 Å². The number of methoxy groups -OCH3 is 1. The van der Waals surface area contributed by atoms with Crippen LogP contribution in [-0.4, -0.2) is 31.9 Å². The van der Waals surface area contributed by atoms with Gasteiger partial charge in [0.15, 0.2) is 6.79 Å². The van der Waals surface area contributed by atoms with Crippen molar-refractivity contribution < 1.29 is 23.8 Å². The molecule has 0 radical (unpaired) electrons. The van der Waals surface area contributed by atoms with Crippen LogP contribution in [0.3, 0.4) is 0 Å². The van der Waals surface area contributed by atoms with Crippen LogP contribution in [0.25, 0.3) is 0 Å². The number of ether oxygens (including phenoxy) is 3. The molecule has 0 amide bonds. The minimum Gasteiger partial charge on any atom is -0.462 e. The summed E-state index contributed by atoms with van der Waals surface area (Å²) in [7, 11) is 1.49. The van der Waals surface area contributed by atoms with Crippen LogP contribution in [-0.2, 0) is 23.8 Å². The predicted molar refractivity (Wildman–Crippen MR) is 80.9 cm³/mol. The van der Waals surface area contributed by atoms with Gasteiger partial charge < -0.3 is 14.2 Å². The van der Waals surface area contributed by atoms with Gasteiger partial charge in [0.1, 0.15) is 6.10 Å². The number of rotatable bonds is 6. The molecule has 0 spiro atoms. The number of esters is 2. The smallest absolute Gasteiger partial charge is 0.311 e. The van der Waals surface area contributed by atoms with Gasteiger partial charge >= 0.3 is 11.9 Å². The second-order valence-electron chi connectivity index (χ2n) is 7.80. The molecule has 4 atom stereocenters. The van der Waals surface area contributed by atoms with Crippen LogP contribution in [0.2, 0.25) is 0 Å². The fourth-order valence-corrected chi connectivity index (χ4v) is 3.62. The highest BCUT2D eigenvalue weighted by atomic mass is 16.7. The van der Waals surface area contributed by atoms with Crippen molar-refractivity contribution in [3.8, 4) is 0 Å².